The Kier molecular flexibility index (Phi) is 4.16. The second kappa shape index (κ2) is 6.63. The molecule has 0 aliphatic carbocycles. The van der Waals surface area contributed by atoms with E-state index in [1.807, 2.05) is 12.1 Å². The summed E-state index contributed by atoms with van der Waals surface area (Å²) in [6.45, 7) is 0.732. The van der Waals surface area contributed by atoms with Gasteiger partial charge in [-0.3, -0.25) is 9.59 Å². The van der Waals surface area contributed by atoms with Crippen LogP contribution in [0.4, 0.5) is 5.69 Å². The first kappa shape index (κ1) is 16.3. The molecule has 0 unspecified atom stereocenters. The first-order valence-electron chi connectivity index (χ1n) is 8.60. The molecule has 0 bridgehead atoms. The van der Waals surface area contributed by atoms with Crippen molar-refractivity contribution in [3.8, 4) is 5.75 Å². The minimum absolute atomic E-state index is 0.0817. The van der Waals surface area contributed by atoms with Crippen molar-refractivity contribution in [3.63, 3.8) is 0 Å². The Morgan fingerprint density at radius 2 is 2.15 bits per heavy atom. The summed E-state index contributed by atoms with van der Waals surface area (Å²) < 4.78 is 6.92. The average molecular weight is 349 g/mol. The van der Waals surface area contributed by atoms with E-state index in [9.17, 15) is 9.59 Å². The Bertz CT molecular complexity index is 1060. The summed E-state index contributed by atoms with van der Waals surface area (Å²) in [6, 6.07) is 11.3. The van der Waals surface area contributed by atoms with E-state index in [0.29, 0.717) is 29.4 Å². The smallest absolute Gasteiger partial charge is 0.260 e. The van der Waals surface area contributed by atoms with Crippen LogP contribution >= 0.6 is 0 Å². The summed E-state index contributed by atoms with van der Waals surface area (Å²) >= 11 is 0. The molecule has 1 N–H and O–H groups in total. The van der Waals surface area contributed by atoms with Crippen molar-refractivity contribution in [1.29, 1.82) is 0 Å². The second-order valence-corrected chi connectivity index (χ2v) is 6.48. The molecule has 0 fully saturated rings. The fraction of sp³-hybridized carbons (Fsp3) is 0.250. The maximum absolute atomic E-state index is 12.3. The minimum atomic E-state index is -0.133. The highest BCUT2D eigenvalue weighted by Crippen LogP contribution is 2.26. The number of aryl methyl sites for hydroxylation is 2. The van der Waals surface area contributed by atoms with Crippen molar-refractivity contribution in [2.75, 3.05) is 11.9 Å². The number of rotatable bonds is 4. The molecule has 3 aromatic rings. The van der Waals surface area contributed by atoms with E-state index in [0.717, 1.165) is 24.3 Å². The van der Waals surface area contributed by atoms with Crippen LogP contribution in [0.5, 0.6) is 5.75 Å². The summed E-state index contributed by atoms with van der Waals surface area (Å²) in [5.41, 5.74) is 3.43. The maximum atomic E-state index is 12.3. The van der Waals surface area contributed by atoms with Gasteiger partial charge in [-0.2, -0.15) is 0 Å². The second-order valence-electron chi connectivity index (χ2n) is 6.48. The maximum Gasteiger partial charge on any atom is 0.260 e. The number of hydrogen-bond acceptors (Lipinski definition) is 4. The first-order valence-corrected chi connectivity index (χ1v) is 8.60. The third kappa shape index (κ3) is 3.18. The first-order chi connectivity index (χ1) is 12.6. The minimum Gasteiger partial charge on any atom is -0.493 e. The van der Waals surface area contributed by atoms with Gasteiger partial charge in [0.05, 0.1) is 23.8 Å². The van der Waals surface area contributed by atoms with E-state index in [1.165, 1.54) is 16.5 Å². The van der Waals surface area contributed by atoms with Crippen LogP contribution in [0.2, 0.25) is 0 Å². The zero-order chi connectivity index (χ0) is 18.1. The van der Waals surface area contributed by atoms with Crippen LogP contribution < -0.4 is 15.6 Å². The van der Waals surface area contributed by atoms with Crippen molar-refractivity contribution in [3.05, 3.63) is 64.2 Å². The van der Waals surface area contributed by atoms with Gasteiger partial charge < -0.3 is 14.6 Å². The number of aromatic nitrogens is 2. The average Bonchev–Trinajstić information content (AvgIpc) is 3.11. The van der Waals surface area contributed by atoms with Crippen molar-refractivity contribution in [1.82, 2.24) is 9.55 Å². The third-order valence-corrected chi connectivity index (χ3v) is 4.60. The lowest BCUT2D eigenvalue weighted by Gasteiger charge is -2.08. The Morgan fingerprint density at radius 3 is 3.04 bits per heavy atom. The molecular weight excluding hydrogens is 330 g/mol. The van der Waals surface area contributed by atoms with Crippen LogP contribution in [0.1, 0.15) is 17.5 Å². The molecule has 2 heterocycles. The van der Waals surface area contributed by atoms with Crippen LogP contribution in [0.15, 0.2) is 47.5 Å². The van der Waals surface area contributed by atoms with Crippen LogP contribution in [-0.2, 0) is 24.7 Å². The summed E-state index contributed by atoms with van der Waals surface area (Å²) in [5, 5.41) is 3.36. The quantitative estimate of drug-likeness (QED) is 0.785. The predicted octanol–water partition coefficient (Wildman–Crippen LogP) is 2.44. The Labute approximate surface area is 150 Å². The molecule has 4 rings (SSSR count). The van der Waals surface area contributed by atoms with E-state index >= 15 is 0 Å². The molecule has 1 aliphatic heterocycles. The Balaban J connectivity index is 1.44. The highest BCUT2D eigenvalue weighted by atomic mass is 16.5. The largest absolute Gasteiger partial charge is 0.493 e. The van der Waals surface area contributed by atoms with Crippen LogP contribution in [0, 0.1) is 0 Å². The zero-order valence-electron chi connectivity index (χ0n) is 14.5. The summed E-state index contributed by atoms with van der Waals surface area (Å²) in [7, 11) is 1.65. The van der Waals surface area contributed by atoms with Gasteiger partial charge in [0.1, 0.15) is 5.75 Å². The van der Waals surface area contributed by atoms with Crippen LogP contribution in [0.25, 0.3) is 10.9 Å². The normalized spacial score (nSPS) is 12.7. The van der Waals surface area contributed by atoms with Crippen molar-refractivity contribution in [2.24, 2.45) is 7.05 Å². The van der Waals surface area contributed by atoms with Gasteiger partial charge in [-0.15, -0.1) is 0 Å². The van der Waals surface area contributed by atoms with E-state index < -0.39 is 0 Å². The SMILES string of the molecule is Cn1cnc2ccc(NC(=O)CCc3ccc4c(c3)CCO4)cc2c1=O. The summed E-state index contributed by atoms with van der Waals surface area (Å²) in [6.07, 6.45) is 3.46. The molecular formula is C20H19N3O3. The molecule has 132 valence electrons. The number of nitrogens with one attached hydrogen (secondary N) is 1. The number of carbonyl (C=O) groups excluding carboxylic acids is 1. The number of nitrogens with zero attached hydrogens (tertiary/aromatic N) is 2. The van der Waals surface area contributed by atoms with E-state index in [2.05, 4.69) is 16.4 Å². The fourth-order valence-electron chi connectivity index (χ4n) is 3.17. The lowest BCUT2D eigenvalue weighted by molar-refractivity contribution is -0.116. The van der Waals surface area contributed by atoms with E-state index in [1.54, 1.807) is 25.2 Å². The number of fused-ring (bicyclic) bond motifs is 2. The topological polar surface area (TPSA) is 73.2 Å². The monoisotopic (exact) mass is 349 g/mol. The Morgan fingerprint density at radius 1 is 1.27 bits per heavy atom. The summed E-state index contributed by atoms with van der Waals surface area (Å²) in [5.74, 6) is 0.867. The van der Waals surface area contributed by atoms with Gasteiger partial charge in [-0.25, -0.2) is 4.98 Å². The highest BCUT2D eigenvalue weighted by molar-refractivity contribution is 5.93. The molecule has 1 aromatic heterocycles. The van der Waals surface area contributed by atoms with Gasteiger partial charge in [-0.1, -0.05) is 12.1 Å². The Hall–Kier alpha value is -3.15. The molecule has 0 spiro atoms. The predicted molar refractivity (Wildman–Crippen MR) is 99.6 cm³/mol. The van der Waals surface area contributed by atoms with Gasteiger partial charge in [0, 0.05) is 25.6 Å². The number of benzene rings is 2. The fourth-order valence-corrected chi connectivity index (χ4v) is 3.17. The van der Waals surface area contributed by atoms with Gasteiger partial charge in [-0.05, 0) is 41.8 Å². The van der Waals surface area contributed by atoms with Gasteiger partial charge in [0.25, 0.3) is 5.56 Å². The van der Waals surface area contributed by atoms with E-state index in [4.69, 9.17) is 4.74 Å². The van der Waals surface area contributed by atoms with Crippen molar-refractivity contribution >= 4 is 22.5 Å². The number of hydrogen-bond donors (Lipinski definition) is 1. The number of anilines is 1. The lowest BCUT2D eigenvalue weighted by Crippen LogP contribution is -2.17. The molecule has 26 heavy (non-hydrogen) atoms. The molecule has 1 amide bonds. The standard InChI is InChI=1S/C20H19N3O3/c1-23-12-21-17-5-4-15(11-16(17)20(23)25)22-19(24)7-3-13-2-6-18-14(10-13)8-9-26-18/h2,4-6,10-12H,3,7-9H2,1H3,(H,22,24). The van der Waals surface area contributed by atoms with Gasteiger partial charge in [0.2, 0.25) is 5.91 Å². The number of amides is 1. The van der Waals surface area contributed by atoms with Crippen molar-refractivity contribution < 1.29 is 9.53 Å². The molecule has 1 aliphatic rings. The van der Waals surface area contributed by atoms with E-state index in [-0.39, 0.29) is 11.5 Å². The molecule has 0 radical (unpaired) electrons. The molecule has 0 saturated heterocycles. The zero-order valence-corrected chi connectivity index (χ0v) is 14.5. The third-order valence-electron chi connectivity index (χ3n) is 4.60. The highest BCUT2D eigenvalue weighted by Gasteiger charge is 2.13. The number of carbonyl (C=O) groups is 1. The van der Waals surface area contributed by atoms with Gasteiger partial charge in [0.15, 0.2) is 0 Å². The van der Waals surface area contributed by atoms with Crippen molar-refractivity contribution in [2.45, 2.75) is 19.3 Å². The molecule has 6 nitrogen and oxygen atoms in total. The molecule has 2 aromatic carbocycles. The summed E-state index contributed by atoms with van der Waals surface area (Å²) in [4.78, 5) is 28.6. The molecule has 6 heteroatoms. The molecule has 0 saturated carbocycles. The van der Waals surface area contributed by atoms with Gasteiger partial charge >= 0.3 is 0 Å². The van der Waals surface area contributed by atoms with Crippen LogP contribution in [-0.4, -0.2) is 22.1 Å². The molecule has 0 atom stereocenters. The number of ether oxygens (including phenoxy) is 1. The lowest BCUT2D eigenvalue weighted by atomic mass is 10.0. The van der Waals surface area contributed by atoms with Crippen LogP contribution in [0.3, 0.4) is 0 Å².